The average molecular weight is 519 g/mol. The fourth-order valence-corrected chi connectivity index (χ4v) is 5.55. The third kappa shape index (κ3) is 5.96. The number of thioether (sulfide) groups is 1. The second-order valence-electron chi connectivity index (χ2n) is 7.33. The molecule has 4 rings (SSSR count). The third-order valence-corrected chi connectivity index (χ3v) is 7.38. The zero-order valence-corrected chi connectivity index (χ0v) is 20.8. The lowest BCUT2D eigenvalue weighted by atomic mass is 9.95. The number of aromatic amines is 1. The molecule has 0 saturated carbocycles. The predicted molar refractivity (Wildman–Crippen MR) is 135 cm³/mol. The number of H-pyrrole nitrogens is 1. The van der Waals surface area contributed by atoms with Gasteiger partial charge < -0.3 is 10.1 Å². The van der Waals surface area contributed by atoms with E-state index in [9.17, 15) is 9.59 Å². The van der Waals surface area contributed by atoms with Gasteiger partial charge in [0.25, 0.3) is 0 Å². The maximum atomic E-state index is 12.6. The maximum Gasteiger partial charge on any atom is 0.341 e. The van der Waals surface area contributed by atoms with Crippen LogP contribution in [0, 0.1) is 0 Å². The molecule has 1 aliphatic carbocycles. The van der Waals surface area contributed by atoms with Crippen LogP contribution in [-0.4, -0.2) is 45.6 Å². The highest BCUT2D eigenvalue weighted by molar-refractivity contribution is 7.99. The first-order valence-corrected chi connectivity index (χ1v) is 12.9. The van der Waals surface area contributed by atoms with Gasteiger partial charge >= 0.3 is 5.97 Å². The molecule has 2 aromatic heterocycles. The number of hydrogen-bond acceptors (Lipinski definition) is 9. The number of anilines is 2. The molecule has 0 saturated heterocycles. The standard InChI is InChI=1S/C22H23ClN6O3S2/c1-2-32-20(31)18-14-8-4-6-10-16(14)34-19(18)25-17(30)12-33-22-26-21(28-29-22)27-24-11-13-7-3-5-9-15(13)23/h3,5,7,9,11H,2,4,6,8,10,12H2,1H3,(H,25,30)(H2,26,27,28,29)/b24-11+. The lowest BCUT2D eigenvalue weighted by Gasteiger charge is -2.12. The number of benzene rings is 1. The number of carbonyl (C=O) groups excluding carboxylic acids is 2. The van der Waals surface area contributed by atoms with Gasteiger partial charge in [-0.2, -0.15) is 10.1 Å². The number of fused-ring (bicyclic) bond motifs is 1. The number of rotatable bonds is 9. The zero-order chi connectivity index (χ0) is 23.9. The van der Waals surface area contributed by atoms with Crippen molar-refractivity contribution in [2.45, 2.75) is 37.8 Å². The Morgan fingerprint density at radius 1 is 1.32 bits per heavy atom. The van der Waals surface area contributed by atoms with E-state index in [-0.39, 0.29) is 24.2 Å². The number of aromatic nitrogens is 3. The Hall–Kier alpha value is -2.89. The largest absolute Gasteiger partial charge is 0.462 e. The Labute approximate surface area is 209 Å². The summed E-state index contributed by atoms with van der Waals surface area (Å²) >= 11 is 8.72. The second kappa shape index (κ2) is 11.5. The summed E-state index contributed by atoms with van der Waals surface area (Å²) in [7, 11) is 0. The molecule has 9 nitrogen and oxygen atoms in total. The van der Waals surface area contributed by atoms with Crippen LogP contribution in [0.1, 0.15) is 46.1 Å². The van der Waals surface area contributed by atoms with Crippen molar-refractivity contribution in [3.05, 3.63) is 50.9 Å². The van der Waals surface area contributed by atoms with Gasteiger partial charge in [0.2, 0.25) is 17.0 Å². The van der Waals surface area contributed by atoms with E-state index in [1.54, 1.807) is 19.2 Å². The van der Waals surface area contributed by atoms with Crippen molar-refractivity contribution >= 4 is 63.7 Å². The highest BCUT2D eigenvalue weighted by Gasteiger charge is 2.27. The molecule has 0 unspecified atom stereocenters. The van der Waals surface area contributed by atoms with Gasteiger partial charge in [-0.3, -0.25) is 4.79 Å². The molecule has 0 aliphatic heterocycles. The molecule has 0 bridgehead atoms. The summed E-state index contributed by atoms with van der Waals surface area (Å²) in [6.07, 6.45) is 5.44. The van der Waals surface area contributed by atoms with E-state index in [0.717, 1.165) is 41.7 Å². The van der Waals surface area contributed by atoms with E-state index < -0.39 is 0 Å². The van der Waals surface area contributed by atoms with Gasteiger partial charge in [-0.1, -0.05) is 41.6 Å². The van der Waals surface area contributed by atoms with Gasteiger partial charge in [0, 0.05) is 15.5 Å². The lowest BCUT2D eigenvalue weighted by Crippen LogP contribution is -2.17. The van der Waals surface area contributed by atoms with Crippen molar-refractivity contribution in [1.82, 2.24) is 15.2 Å². The van der Waals surface area contributed by atoms with Gasteiger partial charge in [0.05, 0.1) is 24.1 Å². The molecular weight excluding hydrogens is 496 g/mol. The van der Waals surface area contributed by atoms with Gasteiger partial charge in [0.1, 0.15) is 5.00 Å². The van der Waals surface area contributed by atoms with Crippen LogP contribution < -0.4 is 10.7 Å². The number of halogens is 1. The van der Waals surface area contributed by atoms with Gasteiger partial charge in [-0.15, -0.1) is 16.4 Å². The van der Waals surface area contributed by atoms with E-state index in [1.807, 2.05) is 18.2 Å². The third-order valence-electron chi connectivity index (χ3n) is 4.98. The molecule has 1 aliphatic rings. The first kappa shape index (κ1) is 24.2. The summed E-state index contributed by atoms with van der Waals surface area (Å²) in [6.45, 7) is 2.06. The number of hydrogen-bond donors (Lipinski definition) is 3. The van der Waals surface area contributed by atoms with Crippen molar-refractivity contribution in [2.24, 2.45) is 5.10 Å². The van der Waals surface area contributed by atoms with E-state index in [1.165, 1.54) is 23.1 Å². The first-order chi connectivity index (χ1) is 16.5. The number of thiophene rings is 1. The number of hydrazone groups is 1. The molecule has 0 spiro atoms. The number of nitrogens with one attached hydrogen (secondary N) is 3. The molecule has 1 amide bonds. The molecule has 2 heterocycles. The minimum atomic E-state index is -0.383. The maximum absolute atomic E-state index is 12.6. The van der Waals surface area contributed by atoms with Gasteiger partial charge in [-0.25, -0.2) is 15.3 Å². The normalized spacial score (nSPS) is 13.0. The summed E-state index contributed by atoms with van der Waals surface area (Å²) < 4.78 is 5.23. The van der Waals surface area contributed by atoms with Crippen LogP contribution in [0.2, 0.25) is 5.02 Å². The summed E-state index contributed by atoms with van der Waals surface area (Å²) in [6, 6.07) is 7.32. The molecule has 34 heavy (non-hydrogen) atoms. The molecular formula is C22H23ClN6O3S2. The number of carbonyl (C=O) groups is 2. The molecule has 178 valence electrons. The summed E-state index contributed by atoms with van der Waals surface area (Å²) in [4.78, 5) is 30.5. The summed E-state index contributed by atoms with van der Waals surface area (Å²) in [5.74, 6) is -0.204. The van der Waals surface area contributed by atoms with Crippen LogP contribution in [0.3, 0.4) is 0 Å². The first-order valence-electron chi connectivity index (χ1n) is 10.8. The average Bonchev–Trinajstić information content (AvgIpc) is 3.43. The van der Waals surface area contributed by atoms with E-state index >= 15 is 0 Å². The van der Waals surface area contributed by atoms with Crippen molar-refractivity contribution in [1.29, 1.82) is 0 Å². The van der Waals surface area contributed by atoms with Crippen LogP contribution in [0.25, 0.3) is 0 Å². The zero-order valence-electron chi connectivity index (χ0n) is 18.4. The van der Waals surface area contributed by atoms with E-state index in [2.05, 4.69) is 31.0 Å². The quantitative estimate of drug-likeness (QED) is 0.162. The van der Waals surface area contributed by atoms with Crippen molar-refractivity contribution in [3.63, 3.8) is 0 Å². The molecule has 1 aromatic carbocycles. The van der Waals surface area contributed by atoms with Gasteiger partial charge in [0.15, 0.2) is 0 Å². The summed E-state index contributed by atoms with van der Waals surface area (Å²) in [5, 5.41) is 15.3. The predicted octanol–water partition coefficient (Wildman–Crippen LogP) is 4.75. The lowest BCUT2D eigenvalue weighted by molar-refractivity contribution is -0.113. The Morgan fingerprint density at radius 2 is 2.15 bits per heavy atom. The van der Waals surface area contributed by atoms with Crippen LogP contribution in [0.4, 0.5) is 10.9 Å². The fraction of sp³-hybridized carbons (Fsp3) is 0.318. The Morgan fingerprint density at radius 3 is 2.97 bits per heavy atom. The molecule has 3 aromatic rings. The monoisotopic (exact) mass is 518 g/mol. The number of aryl methyl sites for hydroxylation is 1. The fourth-order valence-electron chi connectivity index (χ4n) is 3.47. The molecule has 3 N–H and O–H groups in total. The Bertz CT molecular complexity index is 1210. The van der Waals surface area contributed by atoms with E-state index in [4.69, 9.17) is 16.3 Å². The minimum absolute atomic E-state index is 0.0883. The van der Waals surface area contributed by atoms with Crippen LogP contribution in [0.15, 0.2) is 34.5 Å². The second-order valence-corrected chi connectivity index (χ2v) is 9.79. The summed E-state index contributed by atoms with van der Waals surface area (Å²) in [5.41, 5.74) is 5.02. The molecule has 0 fully saturated rings. The molecule has 0 atom stereocenters. The number of nitrogens with zero attached hydrogens (tertiary/aromatic N) is 3. The van der Waals surface area contributed by atoms with Gasteiger partial charge in [-0.05, 0) is 44.2 Å². The van der Waals surface area contributed by atoms with Crippen molar-refractivity contribution in [3.8, 4) is 0 Å². The smallest absolute Gasteiger partial charge is 0.341 e. The van der Waals surface area contributed by atoms with Crippen molar-refractivity contribution in [2.75, 3.05) is 23.1 Å². The number of ether oxygens (including phenoxy) is 1. The Balaban J connectivity index is 1.33. The van der Waals surface area contributed by atoms with Crippen LogP contribution in [-0.2, 0) is 22.4 Å². The SMILES string of the molecule is CCOC(=O)c1c(NC(=O)CSc2n[nH]c(N/N=C/c3ccccc3Cl)n2)sc2c1CCCC2. The van der Waals surface area contributed by atoms with E-state index in [0.29, 0.717) is 26.7 Å². The minimum Gasteiger partial charge on any atom is -0.462 e. The molecule has 12 heteroatoms. The van der Waals surface area contributed by atoms with Crippen LogP contribution in [0.5, 0.6) is 0 Å². The Kier molecular flexibility index (Phi) is 8.20. The molecule has 0 radical (unpaired) electrons. The highest BCUT2D eigenvalue weighted by atomic mass is 35.5. The number of amides is 1. The number of esters is 1. The van der Waals surface area contributed by atoms with Crippen molar-refractivity contribution < 1.29 is 14.3 Å². The topological polar surface area (TPSA) is 121 Å². The van der Waals surface area contributed by atoms with Crippen LogP contribution >= 0.6 is 34.7 Å². The highest BCUT2D eigenvalue weighted by Crippen LogP contribution is 2.38.